The molecule has 0 aliphatic heterocycles. The number of nitrogens with zero attached hydrogens (tertiary/aromatic N) is 2. The molecule has 2 aromatic rings. The number of hydrogen-bond donors (Lipinski definition) is 0. The fourth-order valence-corrected chi connectivity index (χ4v) is 1.48. The van der Waals surface area contributed by atoms with Crippen molar-refractivity contribution in [2.24, 2.45) is 0 Å². The van der Waals surface area contributed by atoms with Crippen LogP contribution >= 0.6 is 0 Å². The van der Waals surface area contributed by atoms with Gasteiger partial charge in [0.05, 0.1) is 17.3 Å². The molecule has 5 heteroatoms. The molecule has 0 aliphatic carbocycles. The highest BCUT2D eigenvalue weighted by molar-refractivity contribution is 5.55. The van der Waals surface area contributed by atoms with Gasteiger partial charge in [-0.15, -0.1) is 0 Å². The first-order chi connectivity index (χ1) is 8.02. The summed E-state index contributed by atoms with van der Waals surface area (Å²) in [5, 5.41) is 3.96. The van der Waals surface area contributed by atoms with Gasteiger partial charge in [0.1, 0.15) is 0 Å². The molecule has 0 amide bonds. The summed E-state index contributed by atoms with van der Waals surface area (Å²) in [6.45, 7) is 5.89. The summed E-state index contributed by atoms with van der Waals surface area (Å²) in [5.74, 6) is 0. The minimum absolute atomic E-state index is 0.521. The van der Waals surface area contributed by atoms with Gasteiger partial charge >= 0.3 is 6.18 Å². The van der Waals surface area contributed by atoms with E-state index in [2.05, 4.69) is 5.10 Å². The Morgan fingerprint density at radius 3 is 2.47 bits per heavy atom. The zero-order valence-electron chi connectivity index (χ0n) is 10.0. The lowest BCUT2D eigenvalue weighted by Crippen LogP contribution is -2.05. The molecule has 0 N–H and O–H groups in total. The maximum Gasteiger partial charge on any atom is 0.416 e. The summed E-state index contributed by atoms with van der Waals surface area (Å²) in [7, 11) is 0. The van der Waals surface area contributed by atoms with E-state index in [0.717, 1.165) is 17.7 Å². The van der Waals surface area contributed by atoms with Gasteiger partial charge in [-0.1, -0.05) is 20.8 Å². The number of fused-ring (bicyclic) bond motifs is 1. The van der Waals surface area contributed by atoms with Gasteiger partial charge in [-0.3, -0.25) is 0 Å². The average Bonchev–Trinajstić information content (AvgIpc) is 2.72. The van der Waals surface area contributed by atoms with Crippen LogP contribution in [-0.4, -0.2) is 9.61 Å². The predicted molar refractivity (Wildman–Crippen MR) is 60.9 cm³/mol. The molecule has 94 valence electrons. The highest BCUT2D eigenvalue weighted by Gasteiger charge is 2.30. The van der Waals surface area contributed by atoms with E-state index < -0.39 is 11.7 Å². The van der Waals surface area contributed by atoms with Crippen molar-refractivity contribution in [2.75, 3.05) is 0 Å². The van der Waals surface area contributed by atoms with E-state index in [9.17, 15) is 13.2 Å². The molecule has 0 aliphatic rings. The van der Waals surface area contributed by atoms with E-state index >= 15 is 0 Å². The van der Waals surface area contributed by atoms with Gasteiger partial charge in [0, 0.05) is 6.20 Å². The molecule has 17 heavy (non-hydrogen) atoms. The highest BCUT2D eigenvalue weighted by atomic mass is 19.4. The van der Waals surface area contributed by atoms with Crippen molar-refractivity contribution in [1.29, 1.82) is 0 Å². The highest BCUT2D eigenvalue weighted by Crippen LogP contribution is 2.30. The molecule has 0 unspecified atom stereocenters. The number of rotatable bonds is 1. The standard InChI is InChI=1S/C10H9F3N2.C2H6/c1-2-7-6-14-15-4-3-8(5-9(7)15)10(11,12)13;1-2/h3-6H,2H2,1H3;1-2H3. The smallest absolute Gasteiger partial charge is 0.241 e. The molecule has 0 saturated heterocycles. The zero-order valence-corrected chi connectivity index (χ0v) is 10.0. The molecule has 0 atom stereocenters. The SMILES string of the molecule is CC.CCc1cnn2ccc(C(F)(F)F)cc12. The van der Waals surface area contributed by atoms with E-state index in [0.29, 0.717) is 11.9 Å². The van der Waals surface area contributed by atoms with Crippen LogP contribution in [0.1, 0.15) is 31.9 Å². The molecule has 2 heterocycles. The second-order valence-corrected chi connectivity index (χ2v) is 3.27. The van der Waals surface area contributed by atoms with E-state index in [1.54, 1.807) is 6.20 Å². The molecular weight excluding hydrogens is 229 g/mol. The molecule has 2 nitrogen and oxygen atoms in total. The van der Waals surface area contributed by atoms with Crippen LogP contribution in [0, 0.1) is 0 Å². The maximum absolute atomic E-state index is 12.4. The van der Waals surface area contributed by atoms with Crippen LogP contribution in [0.15, 0.2) is 24.5 Å². The molecule has 2 aromatic heterocycles. The molecule has 0 radical (unpaired) electrons. The molecule has 0 spiro atoms. The average molecular weight is 244 g/mol. The summed E-state index contributed by atoms with van der Waals surface area (Å²) in [5.41, 5.74) is 0.707. The summed E-state index contributed by atoms with van der Waals surface area (Å²) in [6, 6.07) is 2.16. The third-order valence-electron chi connectivity index (χ3n) is 2.31. The monoisotopic (exact) mass is 244 g/mol. The Balaban J connectivity index is 0.000000686. The fourth-order valence-electron chi connectivity index (χ4n) is 1.48. The maximum atomic E-state index is 12.4. The minimum Gasteiger partial charge on any atom is -0.241 e. The van der Waals surface area contributed by atoms with Crippen molar-refractivity contribution in [3.05, 3.63) is 35.7 Å². The number of aromatic nitrogens is 2. The lowest BCUT2D eigenvalue weighted by molar-refractivity contribution is -0.137. The lowest BCUT2D eigenvalue weighted by Gasteiger charge is -2.06. The predicted octanol–water partition coefficient (Wildman–Crippen LogP) is 3.94. The van der Waals surface area contributed by atoms with Gasteiger partial charge in [0.15, 0.2) is 0 Å². The quantitative estimate of drug-likeness (QED) is 0.742. The first-order valence-corrected chi connectivity index (χ1v) is 5.56. The summed E-state index contributed by atoms with van der Waals surface area (Å²) < 4.78 is 38.7. The van der Waals surface area contributed by atoms with Crippen molar-refractivity contribution in [3.63, 3.8) is 0 Å². The van der Waals surface area contributed by atoms with Crippen LogP contribution < -0.4 is 0 Å². The van der Waals surface area contributed by atoms with Crippen LogP contribution in [0.25, 0.3) is 5.52 Å². The summed E-state index contributed by atoms with van der Waals surface area (Å²) >= 11 is 0. The Bertz CT molecular complexity index is 486. The van der Waals surface area contributed by atoms with Crippen molar-refractivity contribution >= 4 is 5.52 Å². The normalized spacial score (nSPS) is 11.2. The van der Waals surface area contributed by atoms with E-state index in [1.165, 1.54) is 10.7 Å². The second kappa shape index (κ2) is 5.21. The van der Waals surface area contributed by atoms with Gasteiger partial charge in [0.2, 0.25) is 0 Å². The molecule has 0 saturated carbocycles. The minimum atomic E-state index is -4.29. The van der Waals surface area contributed by atoms with Crippen LogP contribution in [0.5, 0.6) is 0 Å². The Morgan fingerprint density at radius 2 is 1.94 bits per heavy atom. The third kappa shape index (κ3) is 2.78. The molecule has 0 fully saturated rings. The first kappa shape index (κ1) is 13.5. The number of halogens is 3. The van der Waals surface area contributed by atoms with Crippen LogP contribution in [0.4, 0.5) is 13.2 Å². The Morgan fingerprint density at radius 1 is 1.29 bits per heavy atom. The first-order valence-electron chi connectivity index (χ1n) is 5.56. The van der Waals surface area contributed by atoms with Gasteiger partial charge in [-0.25, -0.2) is 4.52 Å². The van der Waals surface area contributed by atoms with Crippen molar-refractivity contribution in [2.45, 2.75) is 33.4 Å². The third-order valence-corrected chi connectivity index (χ3v) is 2.31. The molecule has 0 bridgehead atoms. The molecular formula is C12H15F3N2. The van der Waals surface area contributed by atoms with Crippen LogP contribution in [-0.2, 0) is 12.6 Å². The molecule has 2 rings (SSSR count). The summed E-state index contributed by atoms with van der Waals surface area (Å²) in [6.07, 6.45) is -0.700. The fraction of sp³-hybridized carbons (Fsp3) is 0.417. The van der Waals surface area contributed by atoms with Gasteiger partial charge in [0.25, 0.3) is 0 Å². The Hall–Kier alpha value is -1.52. The van der Waals surface area contributed by atoms with E-state index in [4.69, 9.17) is 0 Å². The zero-order chi connectivity index (χ0) is 13.1. The molecule has 0 aromatic carbocycles. The summed E-state index contributed by atoms with van der Waals surface area (Å²) in [4.78, 5) is 0. The van der Waals surface area contributed by atoms with Gasteiger partial charge < -0.3 is 0 Å². The number of aryl methyl sites for hydroxylation is 1. The van der Waals surface area contributed by atoms with E-state index in [1.807, 2.05) is 20.8 Å². The van der Waals surface area contributed by atoms with Crippen molar-refractivity contribution in [1.82, 2.24) is 9.61 Å². The number of alkyl halides is 3. The van der Waals surface area contributed by atoms with Crippen LogP contribution in [0.2, 0.25) is 0 Å². The Labute approximate surface area is 98.1 Å². The number of pyridine rings is 1. The topological polar surface area (TPSA) is 17.3 Å². The Kier molecular flexibility index (Phi) is 4.15. The van der Waals surface area contributed by atoms with E-state index in [-0.39, 0.29) is 0 Å². The van der Waals surface area contributed by atoms with Crippen molar-refractivity contribution < 1.29 is 13.2 Å². The van der Waals surface area contributed by atoms with Gasteiger partial charge in [-0.2, -0.15) is 18.3 Å². The largest absolute Gasteiger partial charge is 0.416 e. The van der Waals surface area contributed by atoms with Gasteiger partial charge in [-0.05, 0) is 24.1 Å². The van der Waals surface area contributed by atoms with Crippen molar-refractivity contribution in [3.8, 4) is 0 Å². The van der Waals surface area contributed by atoms with Crippen LogP contribution in [0.3, 0.4) is 0 Å². The lowest BCUT2D eigenvalue weighted by atomic mass is 10.1. The second-order valence-electron chi connectivity index (χ2n) is 3.27. The number of hydrogen-bond acceptors (Lipinski definition) is 1.